The van der Waals surface area contributed by atoms with E-state index in [0.29, 0.717) is 6.54 Å². The summed E-state index contributed by atoms with van der Waals surface area (Å²) in [5.41, 5.74) is 2.58. The molecule has 1 aromatic rings. The van der Waals surface area contributed by atoms with Gasteiger partial charge in [-0.3, -0.25) is 4.90 Å². The summed E-state index contributed by atoms with van der Waals surface area (Å²) < 4.78 is 0. The molecule has 17 heavy (non-hydrogen) atoms. The Kier molecular flexibility index (Phi) is 6.19. The smallest absolute Gasteiger partial charge is 0.0897 e. The van der Waals surface area contributed by atoms with E-state index in [1.807, 2.05) is 0 Å². The van der Waals surface area contributed by atoms with Gasteiger partial charge in [0.15, 0.2) is 0 Å². The summed E-state index contributed by atoms with van der Waals surface area (Å²) >= 11 is 0. The van der Waals surface area contributed by atoms with Gasteiger partial charge in [0.25, 0.3) is 0 Å². The third kappa shape index (κ3) is 4.86. The molecule has 0 radical (unpaired) electrons. The van der Waals surface area contributed by atoms with Crippen molar-refractivity contribution in [1.82, 2.24) is 4.90 Å². The lowest BCUT2D eigenvalue weighted by molar-refractivity contribution is 0.0584. The SMILES string of the molecule is CCc1ccc(CN(CC)CC(O)CO)cc1. The fourth-order valence-corrected chi connectivity index (χ4v) is 1.80. The van der Waals surface area contributed by atoms with Crippen LogP contribution >= 0.6 is 0 Å². The summed E-state index contributed by atoms with van der Waals surface area (Å²) in [5, 5.41) is 18.3. The van der Waals surface area contributed by atoms with Gasteiger partial charge in [0, 0.05) is 13.1 Å². The number of aryl methyl sites for hydroxylation is 1. The second-order valence-electron chi connectivity index (χ2n) is 4.33. The molecule has 1 unspecified atom stereocenters. The van der Waals surface area contributed by atoms with E-state index in [4.69, 9.17) is 5.11 Å². The van der Waals surface area contributed by atoms with Crippen LogP contribution in [-0.4, -0.2) is 40.9 Å². The van der Waals surface area contributed by atoms with Crippen molar-refractivity contribution in [2.24, 2.45) is 0 Å². The fraction of sp³-hybridized carbons (Fsp3) is 0.571. The monoisotopic (exact) mass is 237 g/mol. The standard InChI is InChI=1S/C14H23NO2/c1-3-12-5-7-13(8-6-12)9-15(4-2)10-14(17)11-16/h5-8,14,16-17H,3-4,9-11H2,1-2H3. The predicted octanol–water partition coefficient (Wildman–Crippen LogP) is 1.42. The Morgan fingerprint density at radius 2 is 1.71 bits per heavy atom. The maximum Gasteiger partial charge on any atom is 0.0897 e. The largest absolute Gasteiger partial charge is 0.394 e. The zero-order valence-electron chi connectivity index (χ0n) is 10.8. The van der Waals surface area contributed by atoms with E-state index in [0.717, 1.165) is 19.5 Å². The van der Waals surface area contributed by atoms with E-state index < -0.39 is 6.10 Å². The highest BCUT2D eigenvalue weighted by atomic mass is 16.3. The molecule has 0 fully saturated rings. The first-order valence-electron chi connectivity index (χ1n) is 6.28. The van der Waals surface area contributed by atoms with Crippen LogP contribution < -0.4 is 0 Å². The maximum absolute atomic E-state index is 9.43. The summed E-state index contributed by atoms with van der Waals surface area (Å²) in [6.07, 6.45) is 0.408. The van der Waals surface area contributed by atoms with Gasteiger partial charge < -0.3 is 10.2 Å². The Morgan fingerprint density at radius 1 is 1.12 bits per heavy atom. The minimum Gasteiger partial charge on any atom is -0.394 e. The van der Waals surface area contributed by atoms with Crippen molar-refractivity contribution in [3.8, 4) is 0 Å². The topological polar surface area (TPSA) is 43.7 Å². The molecule has 0 saturated carbocycles. The van der Waals surface area contributed by atoms with E-state index in [2.05, 4.69) is 43.0 Å². The van der Waals surface area contributed by atoms with Gasteiger partial charge in [-0.25, -0.2) is 0 Å². The van der Waals surface area contributed by atoms with Crippen molar-refractivity contribution in [3.63, 3.8) is 0 Å². The molecular weight excluding hydrogens is 214 g/mol. The minimum absolute atomic E-state index is 0.175. The third-order valence-corrected chi connectivity index (χ3v) is 2.96. The van der Waals surface area contributed by atoms with Crippen LogP contribution in [0.5, 0.6) is 0 Å². The van der Waals surface area contributed by atoms with Crippen LogP contribution in [0.1, 0.15) is 25.0 Å². The zero-order valence-corrected chi connectivity index (χ0v) is 10.8. The first kappa shape index (κ1) is 14.2. The normalized spacial score (nSPS) is 13.0. The zero-order chi connectivity index (χ0) is 12.7. The molecule has 0 spiro atoms. The van der Waals surface area contributed by atoms with Crippen LogP contribution in [0.3, 0.4) is 0 Å². The van der Waals surface area contributed by atoms with Crippen molar-refractivity contribution in [2.75, 3.05) is 19.7 Å². The number of nitrogens with zero attached hydrogens (tertiary/aromatic N) is 1. The third-order valence-electron chi connectivity index (χ3n) is 2.96. The molecule has 96 valence electrons. The second kappa shape index (κ2) is 7.43. The molecule has 0 aliphatic rings. The molecule has 2 N–H and O–H groups in total. The number of rotatable bonds is 7. The molecule has 0 bridgehead atoms. The summed E-state index contributed by atoms with van der Waals surface area (Å²) in [7, 11) is 0. The average Bonchev–Trinajstić information content (AvgIpc) is 2.38. The van der Waals surface area contributed by atoms with Crippen LogP contribution in [0.15, 0.2) is 24.3 Å². The van der Waals surface area contributed by atoms with Gasteiger partial charge in [-0.1, -0.05) is 38.1 Å². The second-order valence-corrected chi connectivity index (χ2v) is 4.33. The summed E-state index contributed by atoms with van der Waals surface area (Å²) in [4.78, 5) is 2.13. The quantitative estimate of drug-likeness (QED) is 0.754. The molecule has 3 nitrogen and oxygen atoms in total. The van der Waals surface area contributed by atoms with E-state index in [1.54, 1.807) is 0 Å². The molecular formula is C14H23NO2. The van der Waals surface area contributed by atoms with Gasteiger partial charge in [-0.2, -0.15) is 0 Å². The molecule has 1 rings (SSSR count). The van der Waals surface area contributed by atoms with Crippen molar-refractivity contribution < 1.29 is 10.2 Å². The molecule has 0 aliphatic heterocycles. The number of benzene rings is 1. The van der Waals surface area contributed by atoms with Crippen LogP contribution in [0, 0.1) is 0 Å². The van der Waals surface area contributed by atoms with E-state index in [9.17, 15) is 5.11 Å². The van der Waals surface area contributed by atoms with Gasteiger partial charge in [0.05, 0.1) is 12.7 Å². The van der Waals surface area contributed by atoms with Crippen LogP contribution in [-0.2, 0) is 13.0 Å². The Balaban J connectivity index is 2.54. The first-order valence-corrected chi connectivity index (χ1v) is 6.28. The lowest BCUT2D eigenvalue weighted by Crippen LogP contribution is -2.33. The van der Waals surface area contributed by atoms with Gasteiger partial charge in [0.2, 0.25) is 0 Å². The van der Waals surface area contributed by atoms with Crippen LogP contribution in [0.25, 0.3) is 0 Å². The van der Waals surface area contributed by atoms with Crippen molar-refractivity contribution in [1.29, 1.82) is 0 Å². The van der Waals surface area contributed by atoms with E-state index in [1.165, 1.54) is 11.1 Å². The number of aliphatic hydroxyl groups excluding tert-OH is 2. The number of aliphatic hydroxyl groups is 2. The molecule has 0 saturated heterocycles. The minimum atomic E-state index is -0.648. The molecule has 0 aliphatic carbocycles. The molecule has 1 aromatic carbocycles. The van der Waals surface area contributed by atoms with Crippen LogP contribution in [0.4, 0.5) is 0 Å². The molecule has 0 amide bonds. The maximum atomic E-state index is 9.43. The number of hydrogen-bond acceptors (Lipinski definition) is 3. The number of hydrogen-bond donors (Lipinski definition) is 2. The molecule has 0 aromatic heterocycles. The summed E-state index contributed by atoms with van der Waals surface area (Å²) in [5.74, 6) is 0. The fourth-order valence-electron chi connectivity index (χ4n) is 1.80. The van der Waals surface area contributed by atoms with Gasteiger partial charge in [0.1, 0.15) is 0 Å². The summed E-state index contributed by atoms with van der Waals surface area (Å²) in [6, 6.07) is 8.55. The van der Waals surface area contributed by atoms with E-state index >= 15 is 0 Å². The highest BCUT2D eigenvalue weighted by molar-refractivity contribution is 5.22. The van der Waals surface area contributed by atoms with Gasteiger partial charge in [-0.05, 0) is 24.1 Å². The summed E-state index contributed by atoms with van der Waals surface area (Å²) in [6.45, 7) is 6.23. The Bertz CT molecular complexity index is 311. The van der Waals surface area contributed by atoms with Gasteiger partial charge in [-0.15, -0.1) is 0 Å². The highest BCUT2D eigenvalue weighted by Crippen LogP contribution is 2.08. The average molecular weight is 237 g/mol. The van der Waals surface area contributed by atoms with Crippen molar-refractivity contribution in [3.05, 3.63) is 35.4 Å². The van der Waals surface area contributed by atoms with E-state index in [-0.39, 0.29) is 6.61 Å². The van der Waals surface area contributed by atoms with Gasteiger partial charge >= 0.3 is 0 Å². The molecule has 3 heteroatoms. The lowest BCUT2D eigenvalue weighted by atomic mass is 10.1. The number of likely N-dealkylation sites (N-methyl/N-ethyl adjacent to an activating group) is 1. The Hall–Kier alpha value is -0.900. The molecule has 1 atom stereocenters. The Labute approximate surface area is 104 Å². The first-order chi connectivity index (χ1) is 8.19. The predicted molar refractivity (Wildman–Crippen MR) is 69.9 cm³/mol. The van der Waals surface area contributed by atoms with Crippen LogP contribution in [0.2, 0.25) is 0 Å². The van der Waals surface area contributed by atoms with Crippen molar-refractivity contribution >= 4 is 0 Å². The lowest BCUT2D eigenvalue weighted by Gasteiger charge is -2.22. The Morgan fingerprint density at radius 3 is 2.18 bits per heavy atom. The highest BCUT2D eigenvalue weighted by Gasteiger charge is 2.09. The molecule has 0 heterocycles. The van der Waals surface area contributed by atoms with Crippen molar-refractivity contribution in [2.45, 2.75) is 32.9 Å².